The number of nitrogens with one attached hydrogen (secondary N) is 1. The van der Waals surface area contributed by atoms with Crippen LogP contribution in [0.3, 0.4) is 0 Å². The fraction of sp³-hybridized carbons (Fsp3) is 0.333. The van der Waals surface area contributed by atoms with E-state index in [0.717, 1.165) is 53.5 Å². The van der Waals surface area contributed by atoms with Crippen molar-refractivity contribution in [3.8, 4) is 16.9 Å². The molecule has 10 heteroatoms. The monoisotopic (exact) mass is 538 g/mol. The number of imidazole rings is 1. The van der Waals surface area contributed by atoms with E-state index in [-0.39, 0.29) is 24.3 Å². The molecule has 1 aliphatic rings. The standard InChI is InChI=1S/C30H34N8O2/c1-21-27(38(24-7-5-4-6-8-24)34-30(21)23-16-32-35(2)17-23)15-29(39)33-26-20-36(13-14-40-3)19-25(26)22-9-10-28-31-11-12-37(28)18-22/h4-12,16-18,25-26H,13-15,19-20H2,1-3H3,(H,33,39)/t25-,26+/m0/s1. The highest BCUT2D eigenvalue weighted by Gasteiger charge is 2.35. The predicted octanol–water partition coefficient (Wildman–Crippen LogP) is 3.00. The number of para-hydroxylation sites is 1. The molecule has 1 saturated heterocycles. The quantitative estimate of drug-likeness (QED) is 0.310. The lowest BCUT2D eigenvalue weighted by Crippen LogP contribution is -2.41. The van der Waals surface area contributed by atoms with Crippen LogP contribution in [0.2, 0.25) is 0 Å². The van der Waals surface area contributed by atoms with Crippen LogP contribution in [0.1, 0.15) is 22.7 Å². The first-order valence-corrected chi connectivity index (χ1v) is 13.6. The fourth-order valence-electron chi connectivity index (χ4n) is 5.68. The molecule has 206 valence electrons. The maximum Gasteiger partial charge on any atom is 0.226 e. The molecule has 6 rings (SSSR count). The van der Waals surface area contributed by atoms with E-state index in [1.165, 1.54) is 5.56 Å². The number of hydrogen-bond donors (Lipinski definition) is 1. The molecule has 1 N–H and O–H groups in total. The highest BCUT2D eigenvalue weighted by molar-refractivity contribution is 5.80. The van der Waals surface area contributed by atoms with Crippen molar-refractivity contribution in [2.45, 2.75) is 25.3 Å². The largest absolute Gasteiger partial charge is 0.383 e. The lowest BCUT2D eigenvalue weighted by atomic mass is 9.95. The Labute approximate surface area is 233 Å². The second-order valence-corrected chi connectivity index (χ2v) is 10.4. The van der Waals surface area contributed by atoms with Crippen molar-refractivity contribution in [1.82, 2.24) is 39.2 Å². The summed E-state index contributed by atoms with van der Waals surface area (Å²) >= 11 is 0. The number of ether oxygens (including phenoxy) is 1. The van der Waals surface area contributed by atoms with Gasteiger partial charge in [0.05, 0.1) is 36.3 Å². The Kier molecular flexibility index (Phi) is 7.19. The van der Waals surface area contributed by atoms with Crippen molar-refractivity contribution < 1.29 is 9.53 Å². The molecule has 1 amide bonds. The van der Waals surface area contributed by atoms with Crippen LogP contribution in [0.4, 0.5) is 0 Å². The average molecular weight is 539 g/mol. The minimum absolute atomic E-state index is 0.0229. The molecule has 0 saturated carbocycles. The first-order valence-electron chi connectivity index (χ1n) is 13.6. The molecule has 5 aromatic rings. The summed E-state index contributed by atoms with van der Waals surface area (Å²) in [5.74, 6) is 0.129. The van der Waals surface area contributed by atoms with Crippen LogP contribution in [-0.4, -0.2) is 79.1 Å². The van der Waals surface area contributed by atoms with Crippen molar-refractivity contribution in [3.05, 3.63) is 90.3 Å². The number of methoxy groups -OCH3 is 1. The highest BCUT2D eigenvalue weighted by Crippen LogP contribution is 2.30. The number of nitrogens with zero attached hydrogens (tertiary/aromatic N) is 7. The van der Waals surface area contributed by atoms with Crippen LogP contribution < -0.4 is 5.32 Å². The molecule has 0 spiro atoms. The van der Waals surface area contributed by atoms with Gasteiger partial charge < -0.3 is 14.5 Å². The molecular formula is C30H34N8O2. The number of pyridine rings is 1. The summed E-state index contributed by atoms with van der Waals surface area (Å²) in [4.78, 5) is 20.4. The van der Waals surface area contributed by atoms with Crippen LogP contribution in [0.25, 0.3) is 22.6 Å². The molecule has 2 atom stereocenters. The summed E-state index contributed by atoms with van der Waals surface area (Å²) in [6.45, 7) is 5.12. The van der Waals surface area contributed by atoms with Crippen LogP contribution in [0.5, 0.6) is 0 Å². The zero-order chi connectivity index (χ0) is 27.6. The number of likely N-dealkylation sites (tertiary alicyclic amines) is 1. The number of fused-ring (bicyclic) bond motifs is 1. The SMILES string of the molecule is COCCN1C[C@@H](NC(=O)Cc2c(C)c(-c3cnn(C)c3)nn2-c2ccccc2)[C@H](c2ccc3nccn3c2)C1. The van der Waals surface area contributed by atoms with Gasteiger partial charge in [-0.15, -0.1) is 0 Å². The van der Waals surface area contributed by atoms with Crippen molar-refractivity contribution in [2.75, 3.05) is 33.4 Å². The first-order chi connectivity index (χ1) is 19.5. The number of aromatic nitrogens is 6. The second kappa shape index (κ2) is 11.1. The van der Waals surface area contributed by atoms with Gasteiger partial charge >= 0.3 is 0 Å². The third kappa shape index (κ3) is 5.15. The number of benzene rings is 1. The predicted molar refractivity (Wildman–Crippen MR) is 152 cm³/mol. The number of rotatable bonds is 9. The summed E-state index contributed by atoms with van der Waals surface area (Å²) in [6, 6.07) is 14.1. The van der Waals surface area contributed by atoms with E-state index in [0.29, 0.717) is 6.61 Å². The molecule has 0 radical (unpaired) electrons. The van der Waals surface area contributed by atoms with Gasteiger partial charge in [-0.1, -0.05) is 24.3 Å². The number of aryl methyl sites for hydroxylation is 1. The summed E-state index contributed by atoms with van der Waals surface area (Å²) in [5, 5.41) is 12.6. The third-order valence-corrected chi connectivity index (χ3v) is 7.74. The summed E-state index contributed by atoms with van der Waals surface area (Å²) in [7, 11) is 3.61. The number of carbonyl (C=O) groups is 1. The van der Waals surface area contributed by atoms with Crippen LogP contribution >= 0.6 is 0 Å². The molecule has 1 aromatic carbocycles. The Hall–Kier alpha value is -4.28. The smallest absolute Gasteiger partial charge is 0.226 e. The average Bonchev–Trinajstić information content (AvgIpc) is 3.75. The Bertz CT molecular complexity index is 1620. The second-order valence-electron chi connectivity index (χ2n) is 10.4. The summed E-state index contributed by atoms with van der Waals surface area (Å²) < 4.78 is 11.0. The maximum atomic E-state index is 13.7. The minimum Gasteiger partial charge on any atom is -0.383 e. The van der Waals surface area contributed by atoms with Gasteiger partial charge in [-0.3, -0.25) is 14.4 Å². The Morgan fingerprint density at radius 3 is 2.75 bits per heavy atom. The van der Waals surface area contributed by atoms with Gasteiger partial charge in [0.1, 0.15) is 5.65 Å². The Morgan fingerprint density at radius 1 is 1.12 bits per heavy atom. The highest BCUT2D eigenvalue weighted by atomic mass is 16.5. The Morgan fingerprint density at radius 2 is 1.98 bits per heavy atom. The zero-order valence-electron chi connectivity index (χ0n) is 23.1. The van der Waals surface area contributed by atoms with E-state index in [1.54, 1.807) is 18.0 Å². The third-order valence-electron chi connectivity index (χ3n) is 7.74. The minimum atomic E-state index is -0.0310. The number of amides is 1. The molecule has 0 aliphatic carbocycles. The molecule has 10 nitrogen and oxygen atoms in total. The molecule has 0 bridgehead atoms. The first kappa shape index (κ1) is 26.0. The number of carbonyl (C=O) groups excluding carboxylic acids is 1. The molecular weight excluding hydrogens is 504 g/mol. The van der Waals surface area contributed by atoms with Crippen LogP contribution in [0, 0.1) is 6.92 Å². The van der Waals surface area contributed by atoms with Crippen molar-refractivity contribution in [3.63, 3.8) is 0 Å². The van der Waals surface area contributed by atoms with Gasteiger partial charge in [-0.25, -0.2) is 9.67 Å². The van der Waals surface area contributed by atoms with E-state index < -0.39 is 0 Å². The van der Waals surface area contributed by atoms with Gasteiger partial charge in [0.2, 0.25) is 5.91 Å². The molecule has 5 heterocycles. The normalized spacial score (nSPS) is 17.6. The summed E-state index contributed by atoms with van der Waals surface area (Å²) in [5.41, 5.74) is 6.61. The van der Waals surface area contributed by atoms with E-state index in [9.17, 15) is 4.79 Å². The van der Waals surface area contributed by atoms with Crippen molar-refractivity contribution in [2.24, 2.45) is 7.05 Å². The molecule has 0 unspecified atom stereocenters. The fourth-order valence-corrected chi connectivity index (χ4v) is 5.68. The van der Waals surface area contributed by atoms with Gasteiger partial charge in [-0.05, 0) is 36.2 Å². The lowest BCUT2D eigenvalue weighted by Gasteiger charge is -2.21. The van der Waals surface area contributed by atoms with Crippen LogP contribution in [0.15, 0.2) is 73.4 Å². The maximum absolute atomic E-state index is 13.7. The van der Waals surface area contributed by atoms with E-state index >= 15 is 0 Å². The van der Waals surface area contributed by atoms with Gasteiger partial charge in [0.25, 0.3) is 0 Å². The van der Waals surface area contributed by atoms with Gasteiger partial charge in [0.15, 0.2) is 0 Å². The van der Waals surface area contributed by atoms with E-state index in [2.05, 4.69) is 32.6 Å². The van der Waals surface area contributed by atoms with Gasteiger partial charge in [0, 0.05) is 76.1 Å². The zero-order valence-corrected chi connectivity index (χ0v) is 23.1. The number of hydrogen-bond acceptors (Lipinski definition) is 6. The topological polar surface area (TPSA) is 94.5 Å². The molecule has 4 aromatic heterocycles. The lowest BCUT2D eigenvalue weighted by molar-refractivity contribution is -0.121. The van der Waals surface area contributed by atoms with Gasteiger partial charge in [-0.2, -0.15) is 10.2 Å². The van der Waals surface area contributed by atoms with E-state index in [1.807, 2.05) is 78.0 Å². The Balaban J connectivity index is 1.28. The van der Waals surface area contributed by atoms with E-state index in [4.69, 9.17) is 9.84 Å². The van der Waals surface area contributed by atoms with Crippen LogP contribution in [-0.2, 0) is 23.0 Å². The molecule has 1 fully saturated rings. The molecule has 1 aliphatic heterocycles. The molecule has 40 heavy (non-hydrogen) atoms. The van der Waals surface area contributed by atoms with Crippen molar-refractivity contribution >= 4 is 11.6 Å². The summed E-state index contributed by atoms with van der Waals surface area (Å²) in [6.07, 6.45) is 9.86. The van der Waals surface area contributed by atoms with Crippen molar-refractivity contribution in [1.29, 1.82) is 0 Å².